The highest BCUT2D eigenvalue weighted by atomic mass is 16.5. The molecule has 0 bridgehead atoms. The second-order valence-electron chi connectivity index (χ2n) is 6.40. The van der Waals surface area contributed by atoms with Crippen molar-refractivity contribution in [2.75, 3.05) is 20.2 Å². The van der Waals surface area contributed by atoms with Crippen molar-refractivity contribution in [2.45, 2.75) is 39.8 Å². The van der Waals surface area contributed by atoms with Crippen molar-refractivity contribution in [3.8, 4) is 5.75 Å². The lowest BCUT2D eigenvalue weighted by molar-refractivity contribution is 0.0898. The Morgan fingerprint density at radius 3 is 2.79 bits per heavy atom. The Kier molecular flexibility index (Phi) is 4.16. The third-order valence-corrected chi connectivity index (χ3v) is 4.27. The van der Waals surface area contributed by atoms with E-state index in [2.05, 4.69) is 43.9 Å². The lowest BCUT2D eigenvalue weighted by Gasteiger charge is -2.42. The minimum Gasteiger partial charge on any atom is -0.496 e. The number of piperidine rings is 1. The van der Waals surface area contributed by atoms with Gasteiger partial charge in [-0.05, 0) is 36.0 Å². The number of aryl methyl sites for hydroxylation is 1. The lowest BCUT2D eigenvalue weighted by atomic mass is 9.79. The molecule has 106 valence electrons. The van der Waals surface area contributed by atoms with Gasteiger partial charge in [-0.1, -0.05) is 26.0 Å². The number of rotatable bonds is 3. The van der Waals surface area contributed by atoms with Crippen molar-refractivity contribution in [1.29, 1.82) is 0 Å². The zero-order valence-corrected chi connectivity index (χ0v) is 12.6. The van der Waals surface area contributed by atoms with Gasteiger partial charge in [-0.25, -0.2) is 0 Å². The van der Waals surface area contributed by atoms with E-state index in [-0.39, 0.29) is 5.41 Å². The summed E-state index contributed by atoms with van der Waals surface area (Å²) >= 11 is 0. The van der Waals surface area contributed by atoms with Crippen LogP contribution >= 0.6 is 0 Å². The molecule has 0 radical (unpaired) electrons. The van der Waals surface area contributed by atoms with E-state index in [9.17, 15) is 0 Å². The standard InChI is InChI=1S/C16H26N2O/c1-12-5-6-13(9-14(12)19-4)10-18-8-7-15(17)16(2,3)11-18/h5-6,9,15H,7-8,10-11,17H2,1-4H3. The summed E-state index contributed by atoms with van der Waals surface area (Å²) in [6.45, 7) is 9.72. The Bertz CT molecular complexity index is 442. The maximum Gasteiger partial charge on any atom is 0.122 e. The van der Waals surface area contributed by atoms with Crippen LogP contribution in [-0.4, -0.2) is 31.1 Å². The molecule has 2 rings (SSSR count). The van der Waals surface area contributed by atoms with Crippen molar-refractivity contribution in [3.63, 3.8) is 0 Å². The van der Waals surface area contributed by atoms with E-state index < -0.39 is 0 Å². The van der Waals surface area contributed by atoms with E-state index in [1.807, 2.05) is 0 Å². The zero-order valence-electron chi connectivity index (χ0n) is 12.6. The van der Waals surface area contributed by atoms with E-state index in [0.717, 1.165) is 31.8 Å². The van der Waals surface area contributed by atoms with Crippen LogP contribution in [0.15, 0.2) is 18.2 Å². The minimum absolute atomic E-state index is 0.201. The lowest BCUT2D eigenvalue weighted by Crippen LogP contribution is -2.52. The fourth-order valence-electron chi connectivity index (χ4n) is 2.84. The summed E-state index contributed by atoms with van der Waals surface area (Å²) in [7, 11) is 1.73. The van der Waals surface area contributed by atoms with Gasteiger partial charge in [0.2, 0.25) is 0 Å². The number of nitrogens with two attached hydrogens (primary N) is 1. The molecule has 1 atom stereocenters. The molecule has 3 heteroatoms. The van der Waals surface area contributed by atoms with E-state index in [0.29, 0.717) is 6.04 Å². The van der Waals surface area contributed by atoms with E-state index in [1.54, 1.807) is 7.11 Å². The summed E-state index contributed by atoms with van der Waals surface area (Å²) in [5.74, 6) is 0.977. The Hall–Kier alpha value is -1.06. The molecule has 1 saturated heterocycles. The molecule has 0 spiro atoms. The van der Waals surface area contributed by atoms with Crippen molar-refractivity contribution in [2.24, 2.45) is 11.1 Å². The molecule has 0 aromatic heterocycles. The number of likely N-dealkylation sites (tertiary alicyclic amines) is 1. The fraction of sp³-hybridized carbons (Fsp3) is 0.625. The van der Waals surface area contributed by atoms with Gasteiger partial charge in [0.25, 0.3) is 0 Å². The molecule has 19 heavy (non-hydrogen) atoms. The van der Waals surface area contributed by atoms with Gasteiger partial charge < -0.3 is 10.5 Å². The first kappa shape index (κ1) is 14.4. The second kappa shape index (κ2) is 5.51. The first-order valence-corrected chi connectivity index (χ1v) is 7.04. The minimum atomic E-state index is 0.201. The molecule has 1 unspecified atom stereocenters. The van der Waals surface area contributed by atoms with E-state index >= 15 is 0 Å². The monoisotopic (exact) mass is 262 g/mol. The summed E-state index contributed by atoms with van der Waals surface area (Å²) in [5, 5.41) is 0. The van der Waals surface area contributed by atoms with Gasteiger partial charge in [0.1, 0.15) is 5.75 Å². The number of benzene rings is 1. The summed E-state index contributed by atoms with van der Waals surface area (Å²) in [4.78, 5) is 2.49. The molecule has 1 aliphatic rings. The molecule has 1 aromatic carbocycles. The molecule has 0 amide bonds. The van der Waals surface area contributed by atoms with Gasteiger partial charge >= 0.3 is 0 Å². The van der Waals surface area contributed by atoms with Crippen LogP contribution in [0.5, 0.6) is 5.75 Å². The molecule has 1 fully saturated rings. The molecule has 0 saturated carbocycles. The van der Waals surface area contributed by atoms with Crippen LogP contribution in [0.25, 0.3) is 0 Å². The number of hydrogen-bond acceptors (Lipinski definition) is 3. The summed E-state index contributed by atoms with van der Waals surface area (Å²) in [6.07, 6.45) is 1.08. The number of nitrogens with zero attached hydrogens (tertiary/aromatic N) is 1. The second-order valence-corrected chi connectivity index (χ2v) is 6.40. The predicted molar refractivity (Wildman–Crippen MR) is 79.4 cm³/mol. The summed E-state index contributed by atoms with van der Waals surface area (Å²) in [5.41, 5.74) is 8.89. The van der Waals surface area contributed by atoms with Crippen molar-refractivity contribution in [3.05, 3.63) is 29.3 Å². The molecular formula is C16H26N2O. The Morgan fingerprint density at radius 1 is 1.42 bits per heavy atom. The van der Waals surface area contributed by atoms with Crippen molar-refractivity contribution >= 4 is 0 Å². The Morgan fingerprint density at radius 2 is 2.16 bits per heavy atom. The van der Waals surface area contributed by atoms with Crippen molar-refractivity contribution in [1.82, 2.24) is 4.90 Å². The molecule has 2 N–H and O–H groups in total. The Balaban J connectivity index is 2.05. The first-order chi connectivity index (χ1) is 8.92. The molecule has 1 aromatic rings. The highest BCUT2D eigenvalue weighted by molar-refractivity contribution is 5.36. The van der Waals surface area contributed by atoms with Gasteiger partial charge in [0, 0.05) is 25.7 Å². The van der Waals surface area contributed by atoms with Crippen molar-refractivity contribution < 1.29 is 4.74 Å². The molecule has 1 heterocycles. The van der Waals surface area contributed by atoms with E-state index in [1.165, 1.54) is 11.1 Å². The molecule has 0 aliphatic carbocycles. The van der Waals surface area contributed by atoms with Gasteiger partial charge in [0.15, 0.2) is 0 Å². The maximum atomic E-state index is 6.19. The van der Waals surface area contributed by atoms with Crippen LogP contribution in [0.3, 0.4) is 0 Å². The van der Waals surface area contributed by atoms with Crippen LogP contribution in [0.2, 0.25) is 0 Å². The largest absolute Gasteiger partial charge is 0.496 e. The summed E-state index contributed by atoms with van der Waals surface area (Å²) in [6, 6.07) is 6.79. The van der Waals surface area contributed by atoms with Crippen LogP contribution in [0, 0.1) is 12.3 Å². The average Bonchev–Trinajstić information content (AvgIpc) is 2.36. The number of hydrogen-bond donors (Lipinski definition) is 1. The number of methoxy groups -OCH3 is 1. The quantitative estimate of drug-likeness (QED) is 0.910. The summed E-state index contributed by atoms with van der Waals surface area (Å²) < 4.78 is 5.39. The third kappa shape index (κ3) is 3.28. The molecular weight excluding hydrogens is 236 g/mol. The smallest absolute Gasteiger partial charge is 0.122 e. The fourth-order valence-corrected chi connectivity index (χ4v) is 2.84. The Labute approximate surface area is 116 Å². The van der Waals surface area contributed by atoms with Crippen LogP contribution in [0.1, 0.15) is 31.4 Å². The van der Waals surface area contributed by atoms with Crippen LogP contribution < -0.4 is 10.5 Å². The highest BCUT2D eigenvalue weighted by Gasteiger charge is 2.33. The predicted octanol–water partition coefficient (Wildman–Crippen LogP) is 2.56. The topological polar surface area (TPSA) is 38.5 Å². The van der Waals surface area contributed by atoms with E-state index in [4.69, 9.17) is 10.5 Å². The van der Waals surface area contributed by atoms with Gasteiger partial charge in [-0.15, -0.1) is 0 Å². The third-order valence-electron chi connectivity index (χ3n) is 4.27. The molecule has 1 aliphatic heterocycles. The average molecular weight is 262 g/mol. The SMILES string of the molecule is COc1cc(CN2CCC(N)C(C)(C)C2)ccc1C. The highest BCUT2D eigenvalue weighted by Crippen LogP contribution is 2.29. The zero-order chi connectivity index (χ0) is 14.0. The normalized spacial score (nSPS) is 23.3. The first-order valence-electron chi connectivity index (χ1n) is 7.04. The van der Waals surface area contributed by atoms with Gasteiger partial charge in [-0.3, -0.25) is 4.90 Å². The van der Waals surface area contributed by atoms with Crippen LogP contribution in [0.4, 0.5) is 0 Å². The van der Waals surface area contributed by atoms with Gasteiger partial charge in [-0.2, -0.15) is 0 Å². The van der Waals surface area contributed by atoms with Gasteiger partial charge in [0.05, 0.1) is 7.11 Å². The maximum absolute atomic E-state index is 6.19. The molecule has 3 nitrogen and oxygen atoms in total. The number of ether oxygens (including phenoxy) is 1. The van der Waals surface area contributed by atoms with Crippen LogP contribution in [-0.2, 0) is 6.54 Å².